The van der Waals surface area contributed by atoms with Gasteiger partial charge in [-0.15, -0.1) is 0 Å². The van der Waals surface area contributed by atoms with Gasteiger partial charge in [0.1, 0.15) is 5.76 Å². The minimum Gasteiger partial charge on any atom is -0.453 e. The van der Waals surface area contributed by atoms with Gasteiger partial charge in [0.15, 0.2) is 12.0 Å². The molecule has 0 N–H and O–H groups in total. The van der Waals surface area contributed by atoms with E-state index in [0.717, 1.165) is 21.4 Å². The standard InChI is InChI=1S/C13H11BrO2/c1-8-9(2)12(14)5-4-11(8)13-6-3-10(7-15)16-13/h3-7H,1-2H3. The Morgan fingerprint density at radius 1 is 1.12 bits per heavy atom. The molecule has 16 heavy (non-hydrogen) atoms. The number of rotatable bonds is 2. The molecule has 2 rings (SSSR count). The number of hydrogen-bond donors (Lipinski definition) is 0. The summed E-state index contributed by atoms with van der Waals surface area (Å²) in [5, 5.41) is 0. The minimum absolute atomic E-state index is 0.356. The molecule has 0 bridgehead atoms. The Morgan fingerprint density at radius 3 is 2.50 bits per heavy atom. The van der Waals surface area contributed by atoms with Crippen LogP contribution in [0.3, 0.4) is 0 Å². The van der Waals surface area contributed by atoms with E-state index in [0.29, 0.717) is 12.0 Å². The van der Waals surface area contributed by atoms with Crippen LogP contribution in [0.5, 0.6) is 0 Å². The summed E-state index contributed by atoms with van der Waals surface area (Å²) in [6.07, 6.45) is 0.713. The van der Waals surface area contributed by atoms with Gasteiger partial charge in [-0.3, -0.25) is 4.79 Å². The molecule has 1 aromatic carbocycles. The number of aldehydes is 1. The molecule has 0 radical (unpaired) electrons. The average Bonchev–Trinajstić information content (AvgIpc) is 2.74. The Morgan fingerprint density at radius 2 is 1.88 bits per heavy atom. The van der Waals surface area contributed by atoms with Gasteiger partial charge in [-0.1, -0.05) is 15.9 Å². The van der Waals surface area contributed by atoms with E-state index in [2.05, 4.69) is 15.9 Å². The van der Waals surface area contributed by atoms with Crippen molar-refractivity contribution in [2.75, 3.05) is 0 Å². The molecule has 1 aromatic heterocycles. The zero-order valence-corrected chi connectivity index (χ0v) is 10.7. The SMILES string of the molecule is Cc1c(Br)ccc(-c2ccc(C=O)o2)c1C. The summed E-state index contributed by atoms with van der Waals surface area (Å²) in [5.74, 6) is 1.09. The van der Waals surface area contributed by atoms with E-state index in [1.165, 1.54) is 5.56 Å². The highest BCUT2D eigenvalue weighted by Gasteiger charge is 2.10. The van der Waals surface area contributed by atoms with Crippen LogP contribution in [0.4, 0.5) is 0 Å². The Kier molecular flexibility index (Phi) is 2.97. The first kappa shape index (κ1) is 11.1. The summed E-state index contributed by atoms with van der Waals surface area (Å²) in [4.78, 5) is 10.6. The zero-order valence-electron chi connectivity index (χ0n) is 9.08. The van der Waals surface area contributed by atoms with Crippen molar-refractivity contribution in [3.8, 4) is 11.3 Å². The van der Waals surface area contributed by atoms with Gasteiger partial charge in [0.05, 0.1) is 0 Å². The molecule has 0 atom stereocenters. The summed E-state index contributed by atoms with van der Waals surface area (Å²) in [5.41, 5.74) is 3.36. The highest BCUT2D eigenvalue weighted by atomic mass is 79.9. The number of carbonyl (C=O) groups is 1. The molecule has 0 saturated carbocycles. The van der Waals surface area contributed by atoms with Crippen LogP contribution in [0.15, 0.2) is 33.2 Å². The Labute approximate surface area is 102 Å². The van der Waals surface area contributed by atoms with E-state index >= 15 is 0 Å². The van der Waals surface area contributed by atoms with E-state index in [1.54, 1.807) is 6.07 Å². The van der Waals surface area contributed by atoms with E-state index in [9.17, 15) is 4.79 Å². The number of halogens is 1. The van der Waals surface area contributed by atoms with Crippen LogP contribution in [0.2, 0.25) is 0 Å². The maximum absolute atomic E-state index is 10.6. The minimum atomic E-state index is 0.356. The molecule has 0 unspecified atom stereocenters. The smallest absolute Gasteiger partial charge is 0.185 e. The van der Waals surface area contributed by atoms with E-state index < -0.39 is 0 Å². The average molecular weight is 279 g/mol. The molecule has 0 amide bonds. The summed E-state index contributed by atoms with van der Waals surface area (Å²) in [7, 11) is 0. The largest absolute Gasteiger partial charge is 0.453 e. The predicted molar refractivity (Wildman–Crippen MR) is 66.7 cm³/mol. The monoisotopic (exact) mass is 278 g/mol. The van der Waals surface area contributed by atoms with Crippen LogP contribution in [-0.2, 0) is 0 Å². The fraction of sp³-hybridized carbons (Fsp3) is 0.154. The molecular weight excluding hydrogens is 268 g/mol. The zero-order chi connectivity index (χ0) is 11.7. The molecule has 0 fully saturated rings. The first-order valence-electron chi connectivity index (χ1n) is 4.94. The molecule has 0 aliphatic rings. The van der Waals surface area contributed by atoms with Crippen LogP contribution in [0, 0.1) is 13.8 Å². The highest BCUT2D eigenvalue weighted by Crippen LogP contribution is 2.30. The first-order chi connectivity index (χ1) is 7.63. The van der Waals surface area contributed by atoms with Gasteiger partial charge in [-0.2, -0.15) is 0 Å². The van der Waals surface area contributed by atoms with Crippen molar-refractivity contribution in [2.45, 2.75) is 13.8 Å². The van der Waals surface area contributed by atoms with Gasteiger partial charge < -0.3 is 4.42 Å². The lowest BCUT2D eigenvalue weighted by molar-refractivity contribution is 0.110. The van der Waals surface area contributed by atoms with Crippen molar-refractivity contribution in [3.63, 3.8) is 0 Å². The third-order valence-corrected chi connectivity index (χ3v) is 3.59. The molecule has 0 saturated heterocycles. The number of carbonyl (C=O) groups excluding carboxylic acids is 1. The van der Waals surface area contributed by atoms with Gasteiger partial charge in [0.25, 0.3) is 0 Å². The second-order valence-corrected chi connectivity index (χ2v) is 4.52. The van der Waals surface area contributed by atoms with Crippen LogP contribution in [-0.4, -0.2) is 6.29 Å². The number of benzene rings is 1. The third-order valence-electron chi connectivity index (χ3n) is 2.73. The summed E-state index contributed by atoms with van der Waals surface area (Å²) in [6.45, 7) is 4.09. The van der Waals surface area contributed by atoms with Crippen molar-refractivity contribution in [2.24, 2.45) is 0 Å². The normalized spacial score (nSPS) is 10.4. The topological polar surface area (TPSA) is 30.2 Å². The fourth-order valence-electron chi connectivity index (χ4n) is 1.62. The molecule has 3 heteroatoms. The Balaban J connectivity index is 2.56. The number of hydrogen-bond acceptors (Lipinski definition) is 2. The Bertz CT molecular complexity index is 541. The first-order valence-corrected chi connectivity index (χ1v) is 5.74. The van der Waals surface area contributed by atoms with Crippen molar-refractivity contribution < 1.29 is 9.21 Å². The van der Waals surface area contributed by atoms with Crippen molar-refractivity contribution in [1.82, 2.24) is 0 Å². The van der Waals surface area contributed by atoms with Gasteiger partial charge in [0, 0.05) is 10.0 Å². The van der Waals surface area contributed by atoms with Crippen LogP contribution < -0.4 is 0 Å². The molecule has 0 aliphatic carbocycles. The molecule has 82 valence electrons. The lowest BCUT2D eigenvalue weighted by Gasteiger charge is -2.07. The lowest BCUT2D eigenvalue weighted by Crippen LogP contribution is -1.87. The van der Waals surface area contributed by atoms with Gasteiger partial charge in [-0.05, 0) is 49.2 Å². The second kappa shape index (κ2) is 4.26. The Hall–Kier alpha value is -1.35. The van der Waals surface area contributed by atoms with Gasteiger partial charge >= 0.3 is 0 Å². The summed E-state index contributed by atoms with van der Waals surface area (Å²) in [6, 6.07) is 7.47. The van der Waals surface area contributed by atoms with Crippen LogP contribution in [0.25, 0.3) is 11.3 Å². The summed E-state index contributed by atoms with van der Waals surface area (Å²) < 4.78 is 6.49. The van der Waals surface area contributed by atoms with Crippen LogP contribution in [0.1, 0.15) is 21.7 Å². The third kappa shape index (κ3) is 1.83. The maximum atomic E-state index is 10.6. The van der Waals surface area contributed by atoms with E-state index in [4.69, 9.17) is 4.42 Å². The molecule has 0 aliphatic heterocycles. The molecule has 0 spiro atoms. The molecule has 1 heterocycles. The van der Waals surface area contributed by atoms with Crippen molar-refractivity contribution >= 4 is 22.2 Å². The van der Waals surface area contributed by atoms with Crippen molar-refractivity contribution in [3.05, 3.63) is 45.6 Å². The number of furan rings is 1. The maximum Gasteiger partial charge on any atom is 0.185 e. The van der Waals surface area contributed by atoms with E-state index in [1.807, 2.05) is 32.0 Å². The second-order valence-electron chi connectivity index (χ2n) is 3.66. The molecule has 2 aromatic rings. The molecule has 2 nitrogen and oxygen atoms in total. The van der Waals surface area contributed by atoms with Gasteiger partial charge in [-0.25, -0.2) is 0 Å². The quantitative estimate of drug-likeness (QED) is 0.773. The fourth-order valence-corrected chi connectivity index (χ4v) is 2.05. The van der Waals surface area contributed by atoms with E-state index in [-0.39, 0.29) is 0 Å². The van der Waals surface area contributed by atoms with Gasteiger partial charge in [0.2, 0.25) is 0 Å². The lowest BCUT2D eigenvalue weighted by atomic mass is 10.0. The molecular formula is C13H11BrO2. The summed E-state index contributed by atoms with van der Waals surface area (Å²) >= 11 is 3.48. The predicted octanol–water partition coefficient (Wildman–Crippen LogP) is 4.14. The van der Waals surface area contributed by atoms with Crippen LogP contribution >= 0.6 is 15.9 Å². The highest BCUT2D eigenvalue weighted by molar-refractivity contribution is 9.10. The van der Waals surface area contributed by atoms with Crippen molar-refractivity contribution in [1.29, 1.82) is 0 Å².